The summed E-state index contributed by atoms with van der Waals surface area (Å²) in [6.07, 6.45) is 0. The maximum Gasteiger partial charge on any atom is 0.186 e. The summed E-state index contributed by atoms with van der Waals surface area (Å²) in [5.74, 6) is 0.702. The van der Waals surface area contributed by atoms with Crippen molar-refractivity contribution in [3.05, 3.63) is 29.3 Å². The van der Waals surface area contributed by atoms with E-state index in [9.17, 15) is 0 Å². The van der Waals surface area contributed by atoms with Gasteiger partial charge in [-0.1, -0.05) is 23.7 Å². The first kappa shape index (κ1) is 14.3. The van der Waals surface area contributed by atoms with Crippen LogP contribution in [-0.2, 0) is 0 Å². The Bertz CT molecular complexity index is 329. The molecule has 0 atom stereocenters. The highest BCUT2D eigenvalue weighted by molar-refractivity contribution is 14.0. The summed E-state index contributed by atoms with van der Waals surface area (Å²) in [5, 5.41) is 0.581. The van der Waals surface area contributed by atoms with Gasteiger partial charge in [0.1, 0.15) is 12.4 Å². The Morgan fingerprint density at radius 1 is 1.33 bits per heavy atom. The minimum atomic E-state index is 0. The van der Waals surface area contributed by atoms with Crippen molar-refractivity contribution >= 4 is 41.5 Å². The predicted octanol–water partition coefficient (Wildman–Crippen LogP) is 1.61. The second-order valence-corrected chi connectivity index (χ2v) is 2.99. The lowest BCUT2D eigenvalue weighted by molar-refractivity contribution is 0.329. The highest BCUT2D eigenvalue weighted by Gasteiger charge is 1.97. The monoisotopic (exact) mass is 341 g/mol. The quantitative estimate of drug-likeness (QED) is 0.378. The van der Waals surface area contributed by atoms with Gasteiger partial charge in [0.05, 0.1) is 11.6 Å². The van der Waals surface area contributed by atoms with Gasteiger partial charge in [-0.2, -0.15) is 0 Å². The summed E-state index contributed by atoms with van der Waals surface area (Å²) in [5.41, 5.74) is 10.3. The van der Waals surface area contributed by atoms with Crippen molar-refractivity contribution in [3.63, 3.8) is 0 Å². The minimum Gasteiger partial charge on any atom is -0.490 e. The first-order valence-electron chi connectivity index (χ1n) is 4.13. The highest BCUT2D eigenvalue weighted by Crippen LogP contribution is 2.22. The third-order valence-electron chi connectivity index (χ3n) is 1.48. The molecule has 0 spiro atoms. The van der Waals surface area contributed by atoms with Crippen LogP contribution >= 0.6 is 35.6 Å². The summed E-state index contributed by atoms with van der Waals surface area (Å²) in [7, 11) is 0. The van der Waals surface area contributed by atoms with Crippen LogP contribution in [0.5, 0.6) is 5.75 Å². The van der Waals surface area contributed by atoms with Crippen LogP contribution in [0.25, 0.3) is 0 Å². The number of nitrogens with two attached hydrogens (primary N) is 2. The Hall–Kier alpha value is -0.690. The maximum atomic E-state index is 5.86. The summed E-state index contributed by atoms with van der Waals surface area (Å²) in [6, 6.07) is 7.24. The lowest BCUT2D eigenvalue weighted by Gasteiger charge is -2.05. The van der Waals surface area contributed by atoms with Gasteiger partial charge in [0.15, 0.2) is 5.96 Å². The van der Waals surface area contributed by atoms with E-state index in [0.717, 1.165) is 0 Å². The van der Waals surface area contributed by atoms with Crippen LogP contribution in [0.1, 0.15) is 0 Å². The largest absolute Gasteiger partial charge is 0.490 e. The number of nitrogens with zero attached hydrogens (tertiary/aromatic N) is 1. The molecule has 0 aliphatic carbocycles. The molecule has 6 heteroatoms. The topological polar surface area (TPSA) is 73.6 Å². The molecule has 15 heavy (non-hydrogen) atoms. The Balaban J connectivity index is 0.00000196. The van der Waals surface area contributed by atoms with Gasteiger partial charge in [-0.25, -0.2) is 0 Å². The lowest BCUT2D eigenvalue weighted by Crippen LogP contribution is -2.23. The molecule has 0 bridgehead atoms. The fourth-order valence-electron chi connectivity index (χ4n) is 0.892. The molecule has 0 amide bonds. The third kappa shape index (κ3) is 5.68. The van der Waals surface area contributed by atoms with E-state index in [1.165, 1.54) is 0 Å². The molecule has 0 aliphatic rings. The van der Waals surface area contributed by atoms with E-state index >= 15 is 0 Å². The zero-order chi connectivity index (χ0) is 10.4. The molecule has 4 nitrogen and oxygen atoms in total. The summed E-state index contributed by atoms with van der Waals surface area (Å²) in [6.45, 7) is 0.829. The van der Waals surface area contributed by atoms with Gasteiger partial charge < -0.3 is 16.2 Å². The van der Waals surface area contributed by atoms with Crippen LogP contribution in [0.15, 0.2) is 29.3 Å². The fraction of sp³-hybridized carbons (Fsp3) is 0.222. The van der Waals surface area contributed by atoms with Gasteiger partial charge in [0.25, 0.3) is 0 Å². The maximum absolute atomic E-state index is 5.86. The minimum absolute atomic E-state index is 0. The number of hydrogen-bond donors (Lipinski definition) is 2. The number of aliphatic imine (C=N–C) groups is 1. The van der Waals surface area contributed by atoms with Crippen LogP contribution in [0, 0.1) is 0 Å². The molecule has 4 N–H and O–H groups in total. The van der Waals surface area contributed by atoms with Gasteiger partial charge in [-0.3, -0.25) is 4.99 Å². The van der Waals surface area contributed by atoms with E-state index in [2.05, 4.69) is 4.99 Å². The SMILES string of the molecule is I.NC(N)=NCCOc1ccccc1Cl. The lowest BCUT2D eigenvalue weighted by atomic mass is 10.3. The summed E-state index contributed by atoms with van der Waals surface area (Å²) < 4.78 is 5.34. The van der Waals surface area contributed by atoms with Crippen molar-refractivity contribution in [2.75, 3.05) is 13.2 Å². The molecule has 1 rings (SSSR count). The number of para-hydroxylation sites is 1. The van der Waals surface area contributed by atoms with Gasteiger partial charge in [0.2, 0.25) is 0 Å². The average molecular weight is 342 g/mol. The van der Waals surface area contributed by atoms with E-state index in [1.807, 2.05) is 12.1 Å². The third-order valence-corrected chi connectivity index (χ3v) is 1.79. The average Bonchev–Trinajstić information content (AvgIpc) is 2.15. The van der Waals surface area contributed by atoms with Gasteiger partial charge in [-0.15, -0.1) is 24.0 Å². The molecule has 0 saturated heterocycles. The molecule has 1 aromatic rings. The van der Waals surface area contributed by atoms with Crippen molar-refractivity contribution in [1.29, 1.82) is 0 Å². The van der Waals surface area contributed by atoms with Crippen molar-refractivity contribution < 1.29 is 4.74 Å². The zero-order valence-corrected chi connectivity index (χ0v) is 11.1. The first-order valence-corrected chi connectivity index (χ1v) is 4.50. The molecule has 84 valence electrons. The van der Waals surface area contributed by atoms with Crippen molar-refractivity contribution in [3.8, 4) is 5.75 Å². The molecule has 0 saturated carbocycles. The molecule has 1 aromatic carbocycles. The fourth-order valence-corrected chi connectivity index (χ4v) is 1.08. The Labute approximate surface area is 111 Å². The van der Waals surface area contributed by atoms with E-state index in [1.54, 1.807) is 12.1 Å². The first-order chi connectivity index (χ1) is 6.70. The number of rotatable bonds is 4. The van der Waals surface area contributed by atoms with Gasteiger partial charge >= 0.3 is 0 Å². The molecule has 0 heterocycles. The van der Waals surface area contributed by atoms with Crippen LogP contribution in [0.4, 0.5) is 0 Å². The normalized spacial score (nSPS) is 8.87. The van der Waals surface area contributed by atoms with Gasteiger partial charge in [-0.05, 0) is 12.1 Å². The van der Waals surface area contributed by atoms with Crippen molar-refractivity contribution in [1.82, 2.24) is 0 Å². The second kappa shape index (κ2) is 7.58. The molecule has 0 radical (unpaired) electrons. The highest BCUT2D eigenvalue weighted by atomic mass is 127. The van der Waals surface area contributed by atoms with E-state index in [0.29, 0.717) is 23.9 Å². The molecule has 0 fully saturated rings. The Kier molecular flexibility index (Phi) is 7.23. The molecular formula is C9H13ClIN3O. The van der Waals surface area contributed by atoms with Gasteiger partial charge in [0, 0.05) is 0 Å². The number of guanidine groups is 1. The van der Waals surface area contributed by atoms with E-state index < -0.39 is 0 Å². The number of halogens is 2. The van der Waals surface area contributed by atoms with Crippen LogP contribution in [0.3, 0.4) is 0 Å². The van der Waals surface area contributed by atoms with E-state index in [4.69, 9.17) is 27.8 Å². The Morgan fingerprint density at radius 2 is 2.00 bits per heavy atom. The molecule has 0 aromatic heterocycles. The molecule has 0 aliphatic heterocycles. The van der Waals surface area contributed by atoms with Crippen molar-refractivity contribution in [2.45, 2.75) is 0 Å². The van der Waals surface area contributed by atoms with Crippen molar-refractivity contribution in [2.24, 2.45) is 16.5 Å². The number of hydrogen-bond acceptors (Lipinski definition) is 2. The zero-order valence-electron chi connectivity index (χ0n) is 8.02. The van der Waals surface area contributed by atoms with Crippen LogP contribution < -0.4 is 16.2 Å². The van der Waals surface area contributed by atoms with Crippen LogP contribution in [-0.4, -0.2) is 19.1 Å². The molecule has 0 unspecified atom stereocenters. The van der Waals surface area contributed by atoms with Crippen LogP contribution in [0.2, 0.25) is 5.02 Å². The summed E-state index contributed by atoms with van der Waals surface area (Å²) in [4.78, 5) is 3.77. The smallest absolute Gasteiger partial charge is 0.186 e. The Morgan fingerprint density at radius 3 is 2.60 bits per heavy atom. The molecular weight excluding hydrogens is 328 g/mol. The predicted molar refractivity (Wildman–Crippen MR) is 73.0 cm³/mol. The second-order valence-electron chi connectivity index (χ2n) is 2.59. The summed E-state index contributed by atoms with van der Waals surface area (Å²) >= 11 is 5.86. The number of ether oxygens (including phenoxy) is 1. The van der Waals surface area contributed by atoms with E-state index in [-0.39, 0.29) is 29.9 Å². The number of benzene rings is 1. The standard InChI is InChI=1S/C9H12ClN3O.HI/c10-7-3-1-2-4-8(7)14-6-5-13-9(11)12;/h1-4H,5-6H2,(H4,11,12,13);1H.